The van der Waals surface area contributed by atoms with Crippen molar-refractivity contribution in [1.82, 2.24) is 0 Å². The molecule has 0 saturated carbocycles. The summed E-state index contributed by atoms with van der Waals surface area (Å²) in [6, 6.07) is 5.96. The average Bonchev–Trinajstić information content (AvgIpc) is 2.37. The van der Waals surface area contributed by atoms with Gasteiger partial charge < -0.3 is 13.3 Å². The molecule has 0 amide bonds. The van der Waals surface area contributed by atoms with E-state index in [-0.39, 0.29) is 5.67 Å². The van der Waals surface area contributed by atoms with Gasteiger partial charge in [0.05, 0.1) is 0 Å². The number of rotatable bonds is 6. The van der Waals surface area contributed by atoms with Gasteiger partial charge in [-0.3, -0.25) is 0 Å². The Morgan fingerprint density at radius 3 is 1.88 bits per heavy atom. The number of hydrogen-bond donors (Lipinski definition) is 0. The second-order valence-electron chi connectivity index (χ2n) is 3.46. The van der Waals surface area contributed by atoms with Gasteiger partial charge in [-0.2, -0.15) is 4.57 Å². The Kier molecular flexibility index (Phi) is 5.07. The third-order valence-electron chi connectivity index (χ3n) is 2.75. The van der Waals surface area contributed by atoms with Crippen molar-refractivity contribution in [3.05, 3.63) is 30.6 Å². The molecule has 1 aromatic rings. The summed E-state index contributed by atoms with van der Waals surface area (Å²) >= 11 is 0. The SMILES string of the molecule is CCC([n+]1ccccc1)[Si](OC)(OC)OC. The van der Waals surface area contributed by atoms with E-state index in [0.29, 0.717) is 0 Å². The van der Waals surface area contributed by atoms with Crippen molar-refractivity contribution in [3.8, 4) is 0 Å². The molecule has 0 aliphatic rings. The van der Waals surface area contributed by atoms with Gasteiger partial charge in [0.25, 0.3) is 0 Å². The molecule has 5 heteroatoms. The van der Waals surface area contributed by atoms with Gasteiger partial charge in [-0.25, -0.2) is 0 Å². The quantitative estimate of drug-likeness (QED) is 0.557. The first-order valence-electron chi connectivity index (χ1n) is 5.35. The lowest BCUT2D eigenvalue weighted by Crippen LogP contribution is -2.60. The number of aromatic nitrogens is 1. The molecule has 1 aromatic heterocycles. The second kappa shape index (κ2) is 6.10. The molecular formula is C11H20NO3Si+. The van der Waals surface area contributed by atoms with E-state index in [0.717, 1.165) is 6.42 Å². The highest BCUT2D eigenvalue weighted by Gasteiger charge is 2.53. The van der Waals surface area contributed by atoms with Crippen LogP contribution in [0.1, 0.15) is 19.0 Å². The van der Waals surface area contributed by atoms with Crippen LogP contribution in [-0.4, -0.2) is 30.1 Å². The first kappa shape index (κ1) is 13.3. The lowest BCUT2D eigenvalue weighted by Gasteiger charge is -2.27. The standard InChI is InChI=1S/C11H20NO3Si/c1-5-11(12-9-7-6-8-10-12)16(13-2,14-3)15-4/h6-11H,5H2,1-4H3/q+1. The number of pyridine rings is 1. The van der Waals surface area contributed by atoms with Crippen molar-refractivity contribution in [3.63, 3.8) is 0 Å². The number of hydrogen-bond acceptors (Lipinski definition) is 3. The lowest BCUT2D eigenvalue weighted by atomic mass is 10.4. The Bertz CT molecular complexity index is 295. The maximum Gasteiger partial charge on any atom is 0.572 e. The molecule has 0 bridgehead atoms. The van der Waals surface area contributed by atoms with Crippen molar-refractivity contribution in [2.75, 3.05) is 21.3 Å². The van der Waals surface area contributed by atoms with E-state index in [1.54, 1.807) is 21.3 Å². The van der Waals surface area contributed by atoms with Gasteiger partial charge in [0, 0.05) is 39.9 Å². The minimum Gasteiger partial charge on any atom is -0.373 e. The molecule has 4 nitrogen and oxygen atoms in total. The fourth-order valence-electron chi connectivity index (χ4n) is 1.92. The molecule has 0 saturated heterocycles. The summed E-state index contributed by atoms with van der Waals surface area (Å²) in [6.07, 6.45) is 4.91. The lowest BCUT2D eigenvalue weighted by molar-refractivity contribution is -0.710. The van der Waals surface area contributed by atoms with E-state index in [2.05, 4.69) is 11.5 Å². The highest BCUT2D eigenvalue weighted by atomic mass is 28.4. The monoisotopic (exact) mass is 242 g/mol. The summed E-state index contributed by atoms with van der Waals surface area (Å²) in [5.74, 6) is 0. The van der Waals surface area contributed by atoms with Crippen molar-refractivity contribution >= 4 is 8.80 Å². The summed E-state index contributed by atoms with van der Waals surface area (Å²) in [7, 11) is 2.31. The zero-order valence-corrected chi connectivity index (χ0v) is 11.3. The summed E-state index contributed by atoms with van der Waals surface area (Å²) in [5.41, 5.74) is 0.105. The summed E-state index contributed by atoms with van der Waals surface area (Å²) in [4.78, 5) is 0. The van der Waals surface area contributed by atoms with Crippen molar-refractivity contribution in [1.29, 1.82) is 0 Å². The highest BCUT2D eigenvalue weighted by Crippen LogP contribution is 2.21. The van der Waals surface area contributed by atoms with Gasteiger partial charge in [-0.15, -0.1) is 0 Å². The van der Waals surface area contributed by atoms with Crippen molar-refractivity contribution < 1.29 is 17.8 Å². The topological polar surface area (TPSA) is 31.6 Å². The fourth-order valence-corrected chi connectivity index (χ4v) is 4.27. The molecule has 0 spiro atoms. The van der Waals surface area contributed by atoms with Gasteiger partial charge >= 0.3 is 8.80 Å². The van der Waals surface area contributed by atoms with Crippen LogP contribution in [0.25, 0.3) is 0 Å². The third-order valence-corrected chi connectivity index (χ3v) is 5.98. The highest BCUT2D eigenvalue weighted by molar-refractivity contribution is 6.60. The molecule has 0 aromatic carbocycles. The van der Waals surface area contributed by atoms with Gasteiger partial charge in [0.2, 0.25) is 5.67 Å². The van der Waals surface area contributed by atoms with Crippen LogP contribution in [-0.2, 0) is 13.3 Å². The normalized spacial score (nSPS) is 13.8. The van der Waals surface area contributed by atoms with E-state index >= 15 is 0 Å². The summed E-state index contributed by atoms with van der Waals surface area (Å²) < 4.78 is 18.6. The first-order valence-corrected chi connectivity index (χ1v) is 7.15. The van der Waals surface area contributed by atoms with Crippen molar-refractivity contribution in [2.45, 2.75) is 19.0 Å². The Morgan fingerprint density at radius 2 is 1.50 bits per heavy atom. The van der Waals surface area contributed by atoms with E-state index < -0.39 is 8.80 Å². The number of nitrogens with zero attached hydrogens (tertiary/aromatic N) is 1. The molecule has 1 atom stereocenters. The Morgan fingerprint density at radius 1 is 1.00 bits per heavy atom. The van der Waals surface area contributed by atoms with Crippen LogP contribution >= 0.6 is 0 Å². The molecular weight excluding hydrogens is 222 g/mol. The fraction of sp³-hybridized carbons (Fsp3) is 0.545. The average molecular weight is 242 g/mol. The van der Waals surface area contributed by atoms with E-state index in [1.165, 1.54) is 0 Å². The minimum absolute atomic E-state index is 0.105. The van der Waals surface area contributed by atoms with Crippen LogP contribution in [0.3, 0.4) is 0 Å². The maximum absolute atomic E-state index is 5.52. The zero-order valence-electron chi connectivity index (χ0n) is 10.3. The zero-order chi connectivity index (χ0) is 12.0. The van der Waals surface area contributed by atoms with Crippen LogP contribution in [0.5, 0.6) is 0 Å². The van der Waals surface area contributed by atoms with Crippen LogP contribution in [0.2, 0.25) is 0 Å². The van der Waals surface area contributed by atoms with Crippen LogP contribution < -0.4 is 4.57 Å². The second-order valence-corrected chi connectivity index (χ2v) is 6.56. The summed E-state index contributed by atoms with van der Waals surface area (Å²) in [5, 5.41) is 0. The predicted octanol–water partition coefficient (Wildman–Crippen LogP) is 1.34. The van der Waals surface area contributed by atoms with E-state index in [1.807, 2.05) is 30.6 Å². The molecule has 16 heavy (non-hydrogen) atoms. The molecule has 1 unspecified atom stereocenters. The smallest absolute Gasteiger partial charge is 0.373 e. The van der Waals surface area contributed by atoms with Crippen molar-refractivity contribution in [2.24, 2.45) is 0 Å². The van der Waals surface area contributed by atoms with Gasteiger partial charge in [-0.05, 0) is 0 Å². The Balaban J connectivity index is 3.05. The van der Waals surface area contributed by atoms with Crippen LogP contribution in [0, 0.1) is 0 Å². The molecule has 90 valence electrons. The van der Waals surface area contributed by atoms with E-state index in [9.17, 15) is 0 Å². The molecule has 0 N–H and O–H groups in total. The van der Waals surface area contributed by atoms with Gasteiger partial charge in [-0.1, -0.05) is 13.0 Å². The third kappa shape index (κ3) is 2.49. The maximum atomic E-state index is 5.52. The molecule has 0 fully saturated rings. The Labute approximate surface area is 98.1 Å². The summed E-state index contributed by atoms with van der Waals surface area (Å²) in [6.45, 7) is 2.10. The van der Waals surface area contributed by atoms with Gasteiger partial charge in [0.15, 0.2) is 12.4 Å². The van der Waals surface area contributed by atoms with E-state index in [4.69, 9.17) is 13.3 Å². The van der Waals surface area contributed by atoms with Crippen LogP contribution in [0.4, 0.5) is 0 Å². The molecule has 0 radical (unpaired) electrons. The van der Waals surface area contributed by atoms with Gasteiger partial charge in [0.1, 0.15) is 0 Å². The minimum atomic E-state index is -2.62. The molecule has 1 rings (SSSR count). The molecule has 0 aliphatic heterocycles. The molecule has 1 heterocycles. The predicted molar refractivity (Wildman–Crippen MR) is 62.7 cm³/mol. The van der Waals surface area contributed by atoms with Crippen LogP contribution in [0.15, 0.2) is 30.6 Å². The molecule has 0 aliphatic carbocycles. The largest absolute Gasteiger partial charge is 0.572 e. The first-order chi connectivity index (χ1) is 7.74. The Hall–Kier alpha value is -0.753.